The van der Waals surface area contributed by atoms with Gasteiger partial charge in [0.1, 0.15) is 0 Å². The molecule has 2 amide bonds. The Labute approximate surface area is 153 Å². The Hall–Kier alpha value is -2.41. The van der Waals surface area contributed by atoms with Crippen LogP contribution >= 0.6 is 0 Å². The van der Waals surface area contributed by atoms with Crippen molar-refractivity contribution in [2.24, 2.45) is 5.92 Å². The van der Waals surface area contributed by atoms with Crippen molar-refractivity contribution in [3.8, 4) is 0 Å². The fraction of sp³-hybridized carbons (Fsp3) is 0.526. The van der Waals surface area contributed by atoms with Crippen molar-refractivity contribution < 1.29 is 19.5 Å². The molecule has 0 aromatic heterocycles. The number of carbonyl (C=O) groups excluding carboxylic acids is 2. The first-order chi connectivity index (χ1) is 12.4. The standard InChI is InChI=1S/C19H25N3O4/c1-21-17(24)11-15(18(25)26)19(21)7-9-22(10-8-19)13-16(23)20-12-14-5-3-2-4-6-14/h2-6,15H,7-13H2,1H3,(H,20,23)(H,25,26). The molecule has 0 saturated carbocycles. The summed E-state index contributed by atoms with van der Waals surface area (Å²) in [6.45, 7) is 2.01. The van der Waals surface area contributed by atoms with Gasteiger partial charge in [0.15, 0.2) is 0 Å². The SMILES string of the molecule is CN1C(=O)CC(C(=O)O)C12CCN(CC(=O)NCc1ccccc1)CC2. The average Bonchev–Trinajstić information content (AvgIpc) is 2.88. The maximum atomic E-state index is 12.2. The van der Waals surface area contributed by atoms with Gasteiger partial charge in [0.05, 0.1) is 18.0 Å². The third kappa shape index (κ3) is 3.58. The fourth-order valence-corrected chi connectivity index (χ4v) is 4.14. The Morgan fingerprint density at radius 3 is 2.50 bits per heavy atom. The van der Waals surface area contributed by atoms with Crippen LogP contribution in [-0.2, 0) is 20.9 Å². The minimum Gasteiger partial charge on any atom is -0.481 e. The van der Waals surface area contributed by atoms with E-state index in [-0.39, 0.29) is 24.8 Å². The van der Waals surface area contributed by atoms with Crippen LogP contribution in [0, 0.1) is 5.92 Å². The van der Waals surface area contributed by atoms with Gasteiger partial charge in [-0.05, 0) is 18.4 Å². The van der Waals surface area contributed by atoms with Crippen molar-refractivity contribution in [3.63, 3.8) is 0 Å². The second-order valence-electron chi connectivity index (χ2n) is 7.19. The quantitative estimate of drug-likeness (QED) is 0.808. The van der Waals surface area contributed by atoms with E-state index in [1.54, 1.807) is 11.9 Å². The summed E-state index contributed by atoms with van der Waals surface area (Å²) >= 11 is 0. The van der Waals surface area contributed by atoms with Crippen molar-refractivity contribution in [1.82, 2.24) is 15.1 Å². The average molecular weight is 359 g/mol. The lowest BCUT2D eigenvalue weighted by atomic mass is 9.77. The van der Waals surface area contributed by atoms with E-state index in [9.17, 15) is 19.5 Å². The Kier molecular flexibility index (Phi) is 5.27. The van der Waals surface area contributed by atoms with Crippen LogP contribution in [0.2, 0.25) is 0 Å². The van der Waals surface area contributed by atoms with Crippen LogP contribution in [0.4, 0.5) is 0 Å². The number of carboxylic acids is 1. The summed E-state index contributed by atoms with van der Waals surface area (Å²) < 4.78 is 0. The van der Waals surface area contributed by atoms with Crippen molar-refractivity contribution in [3.05, 3.63) is 35.9 Å². The molecule has 7 nitrogen and oxygen atoms in total. The smallest absolute Gasteiger partial charge is 0.309 e. The molecule has 0 aliphatic carbocycles. The van der Waals surface area contributed by atoms with Gasteiger partial charge in [0.25, 0.3) is 0 Å². The first kappa shape index (κ1) is 18.4. The normalized spacial score (nSPS) is 22.6. The maximum absolute atomic E-state index is 12.2. The molecule has 3 rings (SSSR count). The zero-order chi connectivity index (χ0) is 18.7. The van der Waals surface area contributed by atoms with E-state index >= 15 is 0 Å². The summed E-state index contributed by atoms with van der Waals surface area (Å²) in [7, 11) is 1.70. The van der Waals surface area contributed by atoms with Crippen molar-refractivity contribution in [1.29, 1.82) is 0 Å². The number of carbonyl (C=O) groups is 3. The van der Waals surface area contributed by atoms with Crippen molar-refractivity contribution in [2.75, 3.05) is 26.7 Å². The highest BCUT2D eigenvalue weighted by molar-refractivity contribution is 5.88. The van der Waals surface area contributed by atoms with Crippen LogP contribution in [0.25, 0.3) is 0 Å². The highest BCUT2D eigenvalue weighted by Gasteiger charge is 2.55. The zero-order valence-corrected chi connectivity index (χ0v) is 15.0. The van der Waals surface area contributed by atoms with Crippen molar-refractivity contribution in [2.45, 2.75) is 31.3 Å². The molecule has 1 aromatic rings. The predicted molar refractivity (Wildman–Crippen MR) is 95.2 cm³/mol. The van der Waals surface area contributed by atoms with Gasteiger partial charge in [-0.3, -0.25) is 19.3 Å². The molecular formula is C19H25N3O4. The minimum atomic E-state index is -0.906. The Balaban J connectivity index is 1.52. The number of aliphatic carboxylic acids is 1. The first-order valence-corrected chi connectivity index (χ1v) is 8.95. The van der Waals surface area contributed by atoms with Gasteiger partial charge in [-0.25, -0.2) is 0 Å². The van der Waals surface area contributed by atoms with E-state index in [0.717, 1.165) is 5.56 Å². The van der Waals surface area contributed by atoms with E-state index in [2.05, 4.69) is 5.32 Å². The molecule has 2 heterocycles. The van der Waals surface area contributed by atoms with Crippen LogP contribution in [-0.4, -0.2) is 64.9 Å². The molecule has 1 spiro atoms. The predicted octanol–water partition coefficient (Wildman–Crippen LogP) is 0.700. The Morgan fingerprint density at radius 2 is 1.88 bits per heavy atom. The van der Waals surface area contributed by atoms with Gasteiger partial charge >= 0.3 is 5.97 Å². The van der Waals surface area contributed by atoms with Crippen LogP contribution in [0.15, 0.2) is 30.3 Å². The molecular weight excluding hydrogens is 334 g/mol. The molecule has 2 aliphatic heterocycles. The molecule has 140 valence electrons. The number of nitrogens with one attached hydrogen (secondary N) is 1. The molecule has 1 atom stereocenters. The van der Waals surface area contributed by atoms with Gasteiger partial charge in [-0.2, -0.15) is 0 Å². The summed E-state index contributed by atoms with van der Waals surface area (Å²) in [4.78, 5) is 39.4. The van der Waals surface area contributed by atoms with E-state index in [1.807, 2.05) is 35.2 Å². The van der Waals surface area contributed by atoms with Gasteiger partial charge in [-0.1, -0.05) is 30.3 Å². The molecule has 0 radical (unpaired) electrons. The lowest BCUT2D eigenvalue weighted by Crippen LogP contribution is -2.57. The summed E-state index contributed by atoms with van der Waals surface area (Å²) in [6, 6.07) is 9.73. The van der Waals surface area contributed by atoms with Crippen LogP contribution in [0.5, 0.6) is 0 Å². The lowest BCUT2D eigenvalue weighted by Gasteiger charge is -2.45. The summed E-state index contributed by atoms with van der Waals surface area (Å²) in [5.74, 6) is -1.72. The molecule has 1 aromatic carbocycles. The van der Waals surface area contributed by atoms with Gasteiger partial charge in [0, 0.05) is 33.1 Å². The number of carboxylic acid groups (broad SMARTS) is 1. The number of hydrogen-bond donors (Lipinski definition) is 2. The number of rotatable bonds is 5. The molecule has 26 heavy (non-hydrogen) atoms. The fourth-order valence-electron chi connectivity index (χ4n) is 4.14. The first-order valence-electron chi connectivity index (χ1n) is 8.95. The number of piperidine rings is 1. The lowest BCUT2D eigenvalue weighted by molar-refractivity contribution is -0.146. The minimum absolute atomic E-state index is 0.0459. The third-order valence-electron chi connectivity index (χ3n) is 5.79. The Morgan fingerprint density at radius 1 is 1.23 bits per heavy atom. The van der Waals surface area contributed by atoms with Gasteiger partial charge < -0.3 is 15.3 Å². The molecule has 2 fully saturated rings. The molecule has 1 unspecified atom stereocenters. The topological polar surface area (TPSA) is 90.0 Å². The summed E-state index contributed by atoms with van der Waals surface area (Å²) in [6.07, 6.45) is 1.24. The van der Waals surface area contributed by atoms with E-state index in [1.165, 1.54) is 0 Å². The number of benzene rings is 1. The monoisotopic (exact) mass is 359 g/mol. The second kappa shape index (κ2) is 7.45. The number of likely N-dealkylation sites (tertiary alicyclic amines) is 2. The summed E-state index contributed by atoms with van der Waals surface area (Å²) in [5.41, 5.74) is 0.439. The van der Waals surface area contributed by atoms with Crippen LogP contribution in [0.1, 0.15) is 24.8 Å². The number of amides is 2. The number of nitrogens with zero attached hydrogens (tertiary/aromatic N) is 2. The van der Waals surface area contributed by atoms with Gasteiger partial charge in [0.2, 0.25) is 11.8 Å². The maximum Gasteiger partial charge on any atom is 0.309 e. The zero-order valence-electron chi connectivity index (χ0n) is 15.0. The largest absolute Gasteiger partial charge is 0.481 e. The Bertz CT molecular complexity index is 683. The molecule has 2 N–H and O–H groups in total. The van der Waals surface area contributed by atoms with Crippen LogP contribution < -0.4 is 5.32 Å². The van der Waals surface area contributed by atoms with Crippen LogP contribution in [0.3, 0.4) is 0 Å². The van der Waals surface area contributed by atoms with E-state index in [0.29, 0.717) is 32.5 Å². The van der Waals surface area contributed by atoms with E-state index in [4.69, 9.17) is 0 Å². The van der Waals surface area contributed by atoms with Crippen molar-refractivity contribution >= 4 is 17.8 Å². The molecule has 0 bridgehead atoms. The van der Waals surface area contributed by atoms with E-state index < -0.39 is 17.4 Å². The number of hydrogen-bond acceptors (Lipinski definition) is 4. The van der Waals surface area contributed by atoms with Gasteiger partial charge in [-0.15, -0.1) is 0 Å². The highest BCUT2D eigenvalue weighted by Crippen LogP contribution is 2.42. The third-order valence-corrected chi connectivity index (χ3v) is 5.79. The summed E-state index contributed by atoms with van der Waals surface area (Å²) in [5, 5.41) is 12.4. The highest BCUT2D eigenvalue weighted by atomic mass is 16.4. The second-order valence-corrected chi connectivity index (χ2v) is 7.19. The molecule has 7 heteroatoms. The molecule has 2 aliphatic rings. The molecule has 2 saturated heterocycles.